The SMILES string of the molecule is O=c1c2cc(-n3c4ccccc4c4ccccc43)cc(-c3ccc4c(c3)c3ccccc3n4-c3ccccc3)c2nc2sc3ccccc3n12. The second kappa shape index (κ2) is 10.3. The highest BCUT2D eigenvalue weighted by Crippen LogP contribution is 2.39. The van der Waals surface area contributed by atoms with E-state index in [-0.39, 0.29) is 5.56 Å². The van der Waals surface area contributed by atoms with Gasteiger partial charge in [-0.15, -0.1) is 0 Å². The molecule has 0 saturated carbocycles. The third-order valence-corrected chi connectivity index (χ3v) is 11.1. The van der Waals surface area contributed by atoms with Crippen molar-refractivity contribution in [1.29, 1.82) is 0 Å². The van der Waals surface area contributed by atoms with Crippen molar-refractivity contribution >= 4 is 81.0 Å². The average Bonchev–Trinajstić information content (AvgIpc) is 3.82. The van der Waals surface area contributed by atoms with Gasteiger partial charge in [0.2, 0.25) is 0 Å². The molecule has 11 aromatic rings. The number of para-hydroxylation sites is 5. The van der Waals surface area contributed by atoms with E-state index in [1.54, 1.807) is 15.7 Å². The molecule has 0 atom stereocenters. The summed E-state index contributed by atoms with van der Waals surface area (Å²) in [5.74, 6) is 0. The fourth-order valence-electron chi connectivity index (χ4n) is 7.91. The lowest BCUT2D eigenvalue weighted by molar-refractivity contribution is 1.15. The molecule has 0 fully saturated rings. The lowest BCUT2D eigenvalue weighted by atomic mass is 9.99. The van der Waals surface area contributed by atoms with E-state index < -0.39 is 0 Å². The molecule has 0 saturated heterocycles. The van der Waals surface area contributed by atoms with Crippen LogP contribution in [-0.4, -0.2) is 18.5 Å². The molecule has 5 nitrogen and oxygen atoms in total. The maximum atomic E-state index is 14.7. The molecule has 0 aliphatic heterocycles. The Labute approximate surface area is 289 Å². The van der Waals surface area contributed by atoms with E-state index >= 15 is 0 Å². The number of fused-ring (bicyclic) bond motifs is 10. The summed E-state index contributed by atoms with van der Waals surface area (Å²) in [6, 6.07) is 55.0. The van der Waals surface area contributed by atoms with Crippen molar-refractivity contribution in [2.45, 2.75) is 0 Å². The van der Waals surface area contributed by atoms with Crippen LogP contribution in [0.3, 0.4) is 0 Å². The van der Waals surface area contributed by atoms with Crippen molar-refractivity contribution in [3.8, 4) is 22.5 Å². The Bertz CT molecular complexity index is 3180. The Hall–Kier alpha value is -6.50. The van der Waals surface area contributed by atoms with E-state index in [9.17, 15) is 4.79 Å². The van der Waals surface area contributed by atoms with E-state index in [2.05, 4.69) is 137 Å². The predicted octanol–water partition coefficient (Wildman–Crippen LogP) is 10.9. The summed E-state index contributed by atoms with van der Waals surface area (Å²) in [4.78, 5) is 20.6. The molecule has 0 amide bonds. The van der Waals surface area contributed by atoms with Gasteiger partial charge in [-0.1, -0.05) is 102 Å². The maximum Gasteiger partial charge on any atom is 0.267 e. The minimum Gasteiger partial charge on any atom is -0.309 e. The molecule has 7 aromatic carbocycles. The number of rotatable bonds is 3. The van der Waals surface area contributed by atoms with Gasteiger partial charge in [0, 0.05) is 38.5 Å². The zero-order valence-electron chi connectivity index (χ0n) is 26.6. The van der Waals surface area contributed by atoms with Crippen molar-refractivity contribution in [1.82, 2.24) is 18.5 Å². The standard InChI is InChI=1S/C44H26N4OS/c49-43-35-26-29(47-36-17-7-4-14-30(36)31-15-5-8-18-37(31)47)25-33(42(35)45-44-48(43)40-20-10-11-21-41(40)50-44)27-22-23-39-34(24-27)32-16-6-9-19-38(32)46(39)28-12-2-1-3-13-28/h1-26H. The molecule has 0 radical (unpaired) electrons. The Morgan fingerprint density at radius 2 is 1.02 bits per heavy atom. The van der Waals surface area contributed by atoms with Gasteiger partial charge >= 0.3 is 0 Å². The minimum atomic E-state index is -0.0620. The first-order valence-electron chi connectivity index (χ1n) is 16.7. The van der Waals surface area contributed by atoms with Crippen LogP contribution < -0.4 is 5.56 Å². The molecular weight excluding hydrogens is 633 g/mol. The third-order valence-electron chi connectivity index (χ3n) is 10.1. The van der Waals surface area contributed by atoms with Crippen molar-refractivity contribution in [2.24, 2.45) is 0 Å². The first-order valence-corrected chi connectivity index (χ1v) is 17.5. The molecule has 0 bridgehead atoms. The van der Waals surface area contributed by atoms with Gasteiger partial charge in [-0.3, -0.25) is 9.20 Å². The monoisotopic (exact) mass is 658 g/mol. The van der Waals surface area contributed by atoms with Crippen LogP contribution in [0.4, 0.5) is 0 Å². The molecular formula is C44H26N4OS. The number of hydrogen-bond donors (Lipinski definition) is 0. The summed E-state index contributed by atoms with van der Waals surface area (Å²) in [5, 5.41) is 5.27. The molecule has 50 heavy (non-hydrogen) atoms. The third kappa shape index (κ3) is 3.76. The highest BCUT2D eigenvalue weighted by molar-refractivity contribution is 7.23. The highest BCUT2D eigenvalue weighted by Gasteiger charge is 2.20. The number of benzene rings is 7. The lowest BCUT2D eigenvalue weighted by Gasteiger charge is -2.14. The number of aromatic nitrogens is 4. The van der Waals surface area contributed by atoms with Crippen molar-refractivity contribution < 1.29 is 0 Å². The van der Waals surface area contributed by atoms with Crippen molar-refractivity contribution in [3.63, 3.8) is 0 Å². The lowest BCUT2D eigenvalue weighted by Crippen LogP contribution is -2.14. The zero-order valence-corrected chi connectivity index (χ0v) is 27.4. The van der Waals surface area contributed by atoms with Crippen molar-refractivity contribution in [3.05, 3.63) is 168 Å². The van der Waals surface area contributed by atoms with Crippen LogP contribution in [0.15, 0.2) is 163 Å². The Morgan fingerprint density at radius 1 is 0.460 bits per heavy atom. The van der Waals surface area contributed by atoms with E-state index in [0.717, 1.165) is 60.2 Å². The molecule has 6 heteroatoms. The van der Waals surface area contributed by atoms with Gasteiger partial charge in [0.25, 0.3) is 5.56 Å². The van der Waals surface area contributed by atoms with E-state index in [1.165, 1.54) is 16.2 Å². The van der Waals surface area contributed by atoms with Crippen LogP contribution in [0, 0.1) is 0 Å². The second-order valence-corrected chi connectivity index (χ2v) is 13.8. The Balaban J connectivity index is 1.27. The Kier molecular flexibility index (Phi) is 5.63. The van der Waals surface area contributed by atoms with Crippen LogP contribution in [0.25, 0.3) is 92.2 Å². The van der Waals surface area contributed by atoms with Gasteiger partial charge in [-0.2, -0.15) is 0 Å². The molecule has 234 valence electrons. The smallest absolute Gasteiger partial charge is 0.267 e. The second-order valence-electron chi connectivity index (χ2n) is 12.8. The molecule has 0 spiro atoms. The summed E-state index contributed by atoms with van der Waals surface area (Å²) in [6.07, 6.45) is 0. The van der Waals surface area contributed by atoms with Gasteiger partial charge in [0.05, 0.1) is 43.2 Å². The van der Waals surface area contributed by atoms with Crippen LogP contribution in [0.2, 0.25) is 0 Å². The molecule has 4 aromatic heterocycles. The van der Waals surface area contributed by atoms with E-state index in [4.69, 9.17) is 4.98 Å². The van der Waals surface area contributed by atoms with Crippen LogP contribution in [-0.2, 0) is 0 Å². The Morgan fingerprint density at radius 3 is 1.72 bits per heavy atom. The fraction of sp³-hybridized carbons (Fsp3) is 0. The first kappa shape index (κ1) is 27.5. The topological polar surface area (TPSA) is 44.2 Å². The fourth-order valence-corrected chi connectivity index (χ4v) is 8.93. The summed E-state index contributed by atoms with van der Waals surface area (Å²) in [6.45, 7) is 0. The zero-order chi connectivity index (χ0) is 32.9. The number of nitrogens with zero attached hydrogens (tertiary/aromatic N) is 4. The minimum absolute atomic E-state index is 0.0620. The normalized spacial score (nSPS) is 12.1. The van der Waals surface area contributed by atoms with E-state index in [0.29, 0.717) is 15.9 Å². The van der Waals surface area contributed by atoms with Crippen molar-refractivity contribution in [2.75, 3.05) is 0 Å². The average molecular weight is 659 g/mol. The summed E-state index contributed by atoms with van der Waals surface area (Å²) < 4.78 is 7.42. The molecule has 0 aliphatic rings. The first-order chi connectivity index (χ1) is 24.7. The summed E-state index contributed by atoms with van der Waals surface area (Å²) >= 11 is 1.55. The molecule has 0 aliphatic carbocycles. The molecule has 0 N–H and O–H groups in total. The van der Waals surface area contributed by atoms with Gasteiger partial charge in [-0.05, 0) is 72.3 Å². The van der Waals surface area contributed by atoms with Gasteiger partial charge in [0.15, 0.2) is 4.96 Å². The maximum absolute atomic E-state index is 14.7. The highest BCUT2D eigenvalue weighted by atomic mass is 32.1. The summed E-state index contributed by atoms with van der Waals surface area (Å²) in [5.41, 5.74) is 9.97. The molecule has 4 heterocycles. The van der Waals surface area contributed by atoms with Gasteiger partial charge in [-0.25, -0.2) is 4.98 Å². The van der Waals surface area contributed by atoms with Crippen LogP contribution in [0.5, 0.6) is 0 Å². The number of hydrogen-bond acceptors (Lipinski definition) is 3. The van der Waals surface area contributed by atoms with Gasteiger partial charge in [0.1, 0.15) is 0 Å². The van der Waals surface area contributed by atoms with E-state index in [1.807, 2.05) is 30.3 Å². The molecule has 11 rings (SSSR count). The largest absolute Gasteiger partial charge is 0.309 e. The number of thiazole rings is 1. The van der Waals surface area contributed by atoms with Gasteiger partial charge < -0.3 is 9.13 Å². The quantitative estimate of drug-likeness (QED) is 0.190. The predicted molar refractivity (Wildman–Crippen MR) is 208 cm³/mol. The summed E-state index contributed by atoms with van der Waals surface area (Å²) in [7, 11) is 0. The van der Waals surface area contributed by atoms with Crippen LogP contribution >= 0.6 is 11.3 Å². The van der Waals surface area contributed by atoms with Crippen LogP contribution in [0.1, 0.15) is 0 Å². The molecule has 0 unspecified atom stereocenters.